The highest BCUT2D eigenvalue weighted by Gasteiger charge is 2.67. The molecule has 1 saturated heterocycles. The number of amides is 2. The first-order chi connectivity index (χ1) is 18.1. The lowest BCUT2D eigenvalue weighted by molar-refractivity contribution is -0.140. The van der Waals surface area contributed by atoms with Gasteiger partial charge in [-0.25, -0.2) is 0 Å². The number of benzene rings is 3. The first-order valence-corrected chi connectivity index (χ1v) is 13.1. The number of hydrogen-bond acceptors (Lipinski definition) is 5. The Morgan fingerprint density at radius 1 is 0.892 bits per heavy atom. The third-order valence-electron chi connectivity index (χ3n) is 8.49. The molecule has 37 heavy (non-hydrogen) atoms. The minimum atomic E-state index is -0.243. The highest BCUT2D eigenvalue weighted by molar-refractivity contribution is 6.06. The van der Waals surface area contributed by atoms with E-state index in [-0.39, 0.29) is 35.5 Å². The van der Waals surface area contributed by atoms with Crippen molar-refractivity contribution in [3.05, 3.63) is 83.9 Å². The molecule has 1 aliphatic heterocycles. The van der Waals surface area contributed by atoms with E-state index in [0.717, 1.165) is 27.9 Å². The number of fused-ring (bicyclic) bond motifs is 1. The van der Waals surface area contributed by atoms with Crippen LogP contribution in [0.2, 0.25) is 0 Å². The molecule has 186 valence electrons. The predicted molar refractivity (Wildman–Crippen MR) is 140 cm³/mol. The highest BCUT2D eigenvalue weighted by Crippen LogP contribution is 2.65. The maximum absolute atomic E-state index is 13.2. The van der Waals surface area contributed by atoms with Crippen molar-refractivity contribution in [2.75, 3.05) is 6.61 Å². The Balaban J connectivity index is 1.10. The summed E-state index contributed by atoms with van der Waals surface area (Å²) in [5.41, 5.74) is 1.83. The zero-order valence-electron chi connectivity index (χ0n) is 20.6. The lowest BCUT2D eigenvalue weighted by Crippen LogP contribution is -2.40. The first kappa shape index (κ1) is 22.3. The van der Waals surface area contributed by atoms with Crippen LogP contribution in [0.4, 0.5) is 0 Å². The second-order valence-electron chi connectivity index (χ2n) is 10.5. The van der Waals surface area contributed by atoms with Gasteiger partial charge in [0, 0.05) is 0 Å². The fourth-order valence-electron chi connectivity index (χ4n) is 6.75. The Morgan fingerprint density at radius 2 is 1.62 bits per heavy atom. The summed E-state index contributed by atoms with van der Waals surface area (Å²) in [5, 5.41) is 7.80. The number of rotatable bonds is 7. The summed E-state index contributed by atoms with van der Waals surface area (Å²) in [6.07, 6.45) is 7.06. The van der Waals surface area contributed by atoms with Crippen LogP contribution in [0.15, 0.2) is 77.9 Å². The number of hydrazone groups is 1. The average Bonchev–Trinajstić information content (AvgIpc) is 3.71. The van der Waals surface area contributed by atoms with Gasteiger partial charge in [-0.15, -0.1) is 0 Å². The molecular formula is C31H28N2O4. The van der Waals surface area contributed by atoms with Crippen molar-refractivity contribution in [2.45, 2.75) is 20.0 Å². The molecule has 0 aromatic heterocycles. The summed E-state index contributed by atoms with van der Waals surface area (Å²) >= 11 is 0. The molecule has 4 aliphatic carbocycles. The lowest BCUT2D eigenvalue weighted by Gasteiger charge is -2.37. The predicted octanol–water partition coefficient (Wildman–Crippen LogP) is 5.20. The molecule has 6 heteroatoms. The van der Waals surface area contributed by atoms with Crippen molar-refractivity contribution in [3.63, 3.8) is 0 Å². The van der Waals surface area contributed by atoms with Gasteiger partial charge in [0.2, 0.25) is 0 Å². The van der Waals surface area contributed by atoms with Crippen LogP contribution < -0.4 is 9.47 Å². The Bertz CT molecular complexity index is 1440. The maximum Gasteiger partial charge on any atom is 0.254 e. The summed E-state index contributed by atoms with van der Waals surface area (Å²) in [6, 6.07) is 20.0. The summed E-state index contributed by atoms with van der Waals surface area (Å²) in [5.74, 6) is 1.97. The van der Waals surface area contributed by atoms with Gasteiger partial charge in [-0.3, -0.25) is 9.59 Å². The Morgan fingerprint density at radius 3 is 2.38 bits per heavy atom. The molecule has 3 aromatic rings. The van der Waals surface area contributed by atoms with E-state index in [0.29, 0.717) is 36.5 Å². The Labute approximate surface area is 215 Å². The number of nitrogens with zero attached hydrogens (tertiary/aromatic N) is 2. The van der Waals surface area contributed by atoms with Crippen LogP contribution in [0.1, 0.15) is 24.5 Å². The summed E-state index contributed by atoms with van der Waals surface area (Å²) in [7, 11) is 0. The average molecular weight is 493 g/mol. The van der Waals surface area contributed by atoms with Gasteiger partial charge in [0.1, 0.15) is 6.61 Å². The summed E-state index contributed by atoms with van der Waals surface area (Å²) < 4.78 is 12.0. The molecule has 0 spiro atoms. The third kappa shape index (κ3) is 3.57. The van der Waals surface area contributed by atoms with E-state index in [1.165, 1.54) is 5.39 Å². The van der Waals surface area contributed by atoms with E-state index in [1.807, 2.05) is 43.3 Å². The quantitative estimate of drug-likeness (QED) is 0.258. The largest absolute Gasteiger partial charge is 0.490 e. The van der Waals surface area contributed by atoms with Crippen molar-refractivity contribution in [2.24, 2.45) is 40.6 Å². The number of hydrogen-bond donors (Lipinski definition) is 0. The molecule has 3 aromatic carbocycles. The SMILES string of the molecule is CCOc1cc(/C=N/N2C(=O)C3C4C=CC(C5CC45)C3C2=O)ccc1OCc1cccc2ccccc12. The smallest absolute Gasteiger partial charge is 0.254 e. The van der Waals surface area contributed by atoms with Gasteiger partial charge in [0.25, 0.3) is 11.8 Å². The standard InChI is InChI=1S/C31H28N2O4/c1-2-36-27-14-18(10-13-26(27)37-17-20-8-5-7-19-6-3-4-9-21(19)20)16-32-33-30(34)28-22-11-12-23(25-15-24(22)25)29(28)31(33)35/h3-14,16,22-25,28-29H,2,15,17H2,1H3/b32-16+. The van der Waals surface area contributed by atoms with E-state index >= 15 is 0 Å². The van der Waals surface area contributed by atoms with Crippen molar-refractivity contribution in [1.82, 2.24) is 5.01 Å². The van der Waals surface area contributed by atoms with Crippen molar-refractivity contribution in [3.8, 4) is 11.5 Å². The lowest BCUT2D eigenvalue weighted by atomic mass is 9.63. The number of ether oxygens (including phenoxy) is 2. The molecule has 6 unspecified atom stereocenters. The molecular weight excluding hydrogens is 464 g/mol. The second kappa shape index (κ2) is 8.58. The Kier molecular flexibility index (Phi) is 5.17. The fourth-order valence-corrected chi connectivity index (χ4v) is 6.75. The van der Waals surface area contributed by atoms with Crippen LogP contribution in [-0.2, 0) is 16.2 Å². The van der Waals surface area contributed by atoms with E-state index in [2.05, 4.69) is 41.5 Å². The molecule has 8 rings (SSSR count). The van der Waals surface area contributed by atoms with Gasteiger partial charge < -0.3 is 9.47 Å². The van der Waals surface area contributed by atoms with Gasteiger partial charge in [-0.1, -0.05) is 54.6 Å². The van der Waals surface area contributed by atoms with Crippen LogP contribution >= 0.6 is 0 Å². The first-order valence-electron chi connectivity index (χ1n) is 13.1. The number of carbonyl (C=O) groups excluding carboxylic acids is 2. The molecule has 3 fully saturated rings. The number of imide groups is 1. The van der Waals surface area contributed by atoms with Crippen molar-refractivity contribution < 1.29 is 19.1 Å². The molecule has 2 amide bonds. The maximum atomic E-state index is 13.2. The molecule has 1 heterocycles. The molecule has 2 saturated carbocycles. The van der Waals surface area contributed by atoms with Gasteiger partial charge in [-0.2, -0.15) is 10.1 Å². The summed E-state index contributed by atoms with van der Waals surface area (Å²) in [6.45, 7) is 2.81. The fraction of sp³-hybridized carbons (Fsp3) is 0.323. The minimum absolute atomic E-state index is 0.156. The normalized spacial score (nSPS) is 29.2. The second-order valence-corrected chi connectivity index (χ2v) is 10.5. The van der Waals surface area contributed by atoms with Crippen LogP contribution in [-0.4, -0.2) is 29.6 Å². The molecule has 0 N–H and O–H groups in total. The van der Waals surface area contributed by atoms with E-state index in [1.54, 1.807) is 6.21 Å². The highest BCUT2D eigenvalue weighted by atomic mass is 16.5. The van der Waals surface area contributed by atoms with Crippen molar-refractivity contribution >= 4 is 28.8 Å². The molecule has 6 atom stereocenters. The van der Waals surface area contributed by atoms with Gasteiger partial charge in [-0.05, 0) is 77.1 Å². The number of carbonyl (C=O) groups is 2. The molecule has 0 radical (unpaired) electrons. The Hall–Kier alpha value is -3.93. The van der Waals surface area contributed by atoms with Crippen LogP contribution in [0.5, 0.6) is 11.5 Å². The monoisotopic (exact) mass is 492 g/mol. The van der Waals surface area contributed by atoms with E-state index in [4.69, 9.17) is 9.47 Å². The van der Waals surface area contributed by atoms with Crippen LogP contribution in [0.3, 0.4) is 0 Å². The van der Waals surface area contributed by atoms with Crippen LogP contribution in [0.25, 0.3) is 10.8 Å². The van der Waals surface area contributed by atoms with E-state index < -0.39 is 0 Å². The van der Waals surface area contributed by atoms with Gasteiger partial charge in [0.05, 0.1) is 24.7 Å². The minimum Gasteiger partial charge on any atom is -0.490 e. The number of allylic oxidation sites excluding steroid dienone is 2. The van der Waals surface area contributed by atoms with Crippen molar-refractivity contribution in [1.29, 1.82) is 0 Å². The van der Waals surface area contributed by atoms with Gasteiger partial charge in [0.15, 0.2) is 11.5 Å². The third-order valence-corrected chi connectivity index (χ3v) is 8.49. The van der Waals surface area contributed by atoms with Gasteiger partial charge >= 0.3 is 0 Å². The zero-order chi connectivity index (χ0) is 25.1. The molecule has 2 bridgehead atoms. The topological polar surface area (TPSA) is 68.2 Å². The molecule has 6 nitrogen and oxygen atoms in total. The van der Waals surface area contributed by atoms with E-state index in [9.17, 15) is 9.59 Å². The zero-order valence-corrected chi connectivity index (χ0v) is 20.6. The van der Waals surface area contributed by atoms with Crippen LogP contribution in [0, 0.1) is 35.5 Å². The summed E-state index contributed by atoms with van der Waals surface area (Å²) in [4.78, 5) is 26.3. The molecule has 5 aliphatic rings.